The summed E-state index contributed by atoms with van der Waals surface area (Å²) >= 11 is 5.53. The maximum atomic E-state index is 11.4. The minimum atomic E-state index is -0.600. The van der Waals surface area contributed by atoms with Crippen LogP contribution in [0.4, 0.5) is 0 Å². The summed E-state index contributed by atoms with van der Waals surface area (Å²) in [6.07, 6.45) is -0.584. The zero-order valence-corrected chi connectivity index (χ0v) is 9.35. The molecular formula is C9H18ClNO2. The molecule has 78 valence electrons. The number of carbonyl (C=O) groups is 1. The van der Waals surface area contributed by atoms with Gasteiger partial charge in [-0.3, -0.25) is 4.79 Å². The van der Waals surface area contributed by atoms with E-state index in [0.717, 1.165) is 0 Å². The Morgan fingerprint density at radius 3 is 2.31 bits per heavy atom. The highest BCUT2D eigenvalue weighted by atomic mass is 35.5. The molecule has 0 aromatic heterocycles. The summed E-state index contributed by atoms with van der Waals surface area (Å²) in [5, 5.41) is 12.1. The van der Waals surface area contributed by atoms with Crippen molar-refractivity contribution in [1.29, 1.82) is 0 Å². The van der Waals surface area contributed by atoms with Gasteiger partial charge in [0.2, 0.25) is 5.91 Å². The lowest BCUT2D eigenvalue weighted by molar-refractivity contribution is -0.126. The third kappa shape index (κ3) is 3.96. The first-order valence-electron chi connectivity index (χ1n) is 4.37. The van der Waals surface area contributed by atoms with Gasteiger partial charge in [0.15, 0.2) is 0 Å². The number of carbonyl (C=O) groups excluding carboxylic acids is 1. The van der Waals surface area contributed by atoms with Crippen molar-refractivity contribution >= 4 is 17.5 Å². The average Bonchev–Trinajstić information content (AvgIpc) is 2.01. The number of halogens is 1. The van der Waals surface area contributed by atoms with Gasteiger partial charge in [0.1, 0.15) is 0 Å². The fraction of sp³-hybridized carbons (Fsp3) is 0.889. The van der Waals surface area contributed by atoms with Crippen molar-refractivity contribution in [3.05, 3.63) is 0 Å². The Kier molecular flexibility index (Phi) is 4.71. The first-order chi connectivity index (χ1) is 5.81. The van der Waals surface area contributed by atoms with E-state index in [1.807, 2.05) is 0 Å². The smallest absolute Gasteiger partial charge is 0.224 e. The molecule has 0 saturated heterocycles. The number of aliphatic hydroxyl groups excluding tert-OH is 1. The Morgan fingerprint density at radius 1 is 1.54 bits per heavy atom. The van der Waals surface area contributed by atoms with Crippen molar-refractivity contribution in [3.63, 3.8) is 0 Å². The Bertz CT molecular complexity index is 180. The standard InChI is InChI=1S/C9H18ClNO2/c1-6(5-10)8(13)11-9(3,4)7(2)12/h6-7,12H,5H2,1-4H3,(H,11,13). The summed E-state index contributed by atoms with van der Waals surface area (Å²) in [5.74, 6) is -0.0533. The highest BCUT2D eigenvalue weighted by Crippen LogP contribution is 2.10. The Hall–Kier alpha value is -0.280. The molecule has 2 unspecified atom stereocenters. The van der Waals surface area contributed by atoms with Crippen LogP contribution in [0.3, 0.4) is 0 Å². The van der Waals surface area contributed by atoms with Gasteiger partial charge in [-0.2, -0.15) is 0 Å². The topological polar surface area (TPSA) is 49.3 Å². The van der Waals surface area contributed by atoms with Crippen molar-refractivity contribution in [2.45, 2.75) is 39.3 Å². The third-order valence-electron chi connectivity index (χ3n) is 2.17. The molecule has 0 aliphatic heterocycles. The van der Waals surface area contributed by atoms with Gasteiger partial charge in [0.25, 0.3) is 0 Å². The maximum absolute atomic E-state index is 11.4. The second kappa shape index (κ2) is 4.82. The van der Waals surface area contributed by atoms with Crippen molar-refractivity contribution in [2.75, 3.05) is 5.88 Å². The van der Waals surface area contributed by atoms with Crippen molar-refractivity contribution in [3.8, 4) is 0 Å². The Morgan fingerprint density at radius 2 is 2.00 bits per heavy atom. The SMILES string of the molecule is CC(CCl)C(=O)NC(C)(C)C(C)O. The summed E-state index contributed by atoms with van der Waals surface area (Å²) in [6.45, 7) is 6.94. The van der Waals surface area contributed by atoms with Gasteiger partial charge in [0.05, 0.1) is 11.6 Å². The molecule has 1 amide bonds. The number of nitrogens with one attached hydrogen (secondary N) is 1. The molecule has 13 heavy (non-hydrogen) atoms. The highest BCUT2D eigenvalue weighted by molar-refractivity contribution is 6.19. The zero-order chi connectivity index (χ0) is 10.6. The Balaban J connectivity index is 4.19. The number of alkyl halides is 1. The Labute approximate surface area is 84.5 Å². The normalized spacial score (nSPS) is 16.5. The molecule has 0 heterocycles. The molecule has 0 saturated carbocycles. The predicted molar refractivity (Wildman–Crippen MR) is 53.8 cm³/mol. The molecule has 2 N–H and O–H groups in total. The first-order valence-corrected chi connectivity index (χ1v) is 4.90. The molecule has 0 rings (SSSR count). The number of rotatable bonds is 4. The number of hydrogen-bond donors (Lipinski definition) is 2. The number of hydrogen-bond acceptors (Lipinski definition) is 2. The van der Waals surface area contributed by atoms with Gasteiger partial charge in [-0.1, -0.05) is 6.92 Å². The van der Waals surface area contributed by atoms with Crippen LogP contribution < -0.4 is 5.32 Å². The van der Waals surface area contributed by atoms with E-state index in [-0.39, 0.29) is 11.8 Å². The minimum Gasteiger partial charge on any atom is -0.391 e. The van der Waals surface area contributed by atoms with Crippen molar-refractivity contribution < 1.29 is 9.90 Å². The fourth-order valence-corrected chi connectivity index (χ4v) is 0.755. The molecule has 3 nitrogen and oxygen atoms in total. The van der Waals surface area contributed by atoms with Gasteiger partial charge in [-0.15, -0.1) is 11.6 Å². The summed E-state index contributed by atoms with van der Waals surface area (Å²) in [4.78, 5) is 11.4. The van der Waals surface area contributed by atoms with Gasteiger partial charge in [-0.25, -0.2) is 0 Å². The average molecular weight is 208 g/mol. The van der Waals surface area contributed by atoms with Crippen LogP contribution in [0.1, 0.15) is 27.7 Å². The largest absolute Gasteiger partial charge is 0.391 e. The predicted octanol–water partition coefficient (Wildman–Crippen LogP) is 1.14. The summed E-state index contributed by atoms with van der Waals surface area (Å²) in [7, 11) is 0. The lowest BCUT2D eigenvalue weighted by atomic mass is 9.98. The lowest BCUT2D eigenvalue weighted by Gasteiger charge is -2.30. The van der Waals surface area contributed by atoms with E-state index >= 15 is 0 Å². The first kappa shape index (κ1) is 12.7. The monoisotopic (exact) mass is 207 g/mol. The van der Waals surface area contributed by atoms with E-state index in [0.29, 0.717) is 5.88 Å². The van der Waals surface area contributed by atoms with Crippen molar-refractivity contribution in [1.82, 2.24) is 5.32 Å². The van der Waals surface area contributed by atoms with E-state index in [1.165, 1.54) is 0 Å². The minimum absolute atomic E-state index is 0.124. The van der Waals surface area contributed by atoms with E-state index in [2.05, 4.69) is 5.32 Å². The van der Waals surface area contributed by atoms with Gasteiger partial charge < -0.3 is 10.4 Å². The molecular weight excluding hydrogens is 190 g/mol. The van der Waals surface area contributed by atoms with Gasteiger partial charge >= 0.3 is 0 Å². The summed E-state index contributed by atoms with van der Waals surface area (Å²) in [5.41, 5.74) is -0.600. The van der Waals surface area contributed by atoms with Gasteiger partial charge in [0, 0.05) is 11.8 Å². The molecule has 0 bridgehead atoms. The van der Waals surface area contributed by atoms with Crippen LogP contribution in [0, 0.1) is 5.92 Å². The van der Waals surface area contributed by atoms with Crippen LogP contribution in [-0.2, 0) is 4.79 Å². The van der Waals surface area contributed by atoms with Crippen LogP contribution in [0.15, 0.2) is 0 Å². The molecule has 0 aromatic rings. The quantitative estimate of drug-likeness (QED) is 0.680. The lowest BCUT2D eigenvalue weighted by Crippen LogP contribution is -2.52. The molecule has 0 fully saturated rings. The summed E-state index contributed by atoms with van der Waals surface area (Å²) < 4.78 is 0. The zero-order valence-electron chi connectivity index (χ0n) is 8.60. The molecule has 4 heteroatoms. The molecule has 0 aliphatic rings. The van der Waals surface area contributed by atoms with E-state index < -0.39 is 11.6 Å². The third-order valence-corrected chi connectivity index (χ3v) is 2.63. The highest BCUT2D eigenvalue weighted by Gasteiger charge is 2.27. The molecule has 2 atom stereocenters. The fourth-order valence-electron chi connectivity index (χ4n) is 0.615. The molecule has 0 aromatic carbocycles. The second-order valence-electron chi connectivity index (χ2n) is 3.94. The van der Waals surface area contributed by atoms with Crippen LogP contribution in [-0.4, -0.2) is 28.5 Å². The van der Waals surface area contributed by atoms with E-state index in [4.69, 9.17) is 11.6 Å². The second-order valence-corrected chi connectivity index (χ2v) is 4.25. The molecule has 0 spiro atoms. The van der Waals surface area contributed by atoms with E-state index in [1.54, 1.807) is 27.7 Å². The number of aliphatic hydroxyl groups is 1. The molecule has 0 aliphatic carbocycles. The molecule has 0 radical (unpaired) electrons. The summed E-state index contributed by atoms with van der Waals surface area (Å²) in [6, 6.07) is 0. The van der Waals surface area contributed by atoms with Crippen LogP contribution in [0.2, 0.25) is 0 Å². The number of amides is 1. The van der Waals surface area contributed by atoms with E-state index in [9.17, 15) is 9.90 Å². The van der Waals surface area contributed by atoms with Gasteiger partial charge in [-0.05, 0) is 20.8 Å². The van der Waals surface area contributed by atoms with Crippen LogP contribution >= 0.6 is 11.6 Å². The van der Waals surface area contributed by atoms with Crippen molar-refractivity contribution in [2.24, 2.45) is 5.92 Å². The van der Waals surface area contributed by atoms with Crippen LogP contribution in [0.5, 0.6) is 0 Å². The van der Waals surface area contributed by atoms with Crippen LogP contribution in [0.25, 0.3) is 0 Å². The maximum Gasteiger partial charge on any atom is 0.224 e.